The van der Waals surface area contributed by atoms with Crippen molar-refractivity contribution in [1.82, 2.24) is 0 Å². The molecule has 0 aliphatic carbocycles. The lowest BCUT2D eigenvalue weighted by Gasteiger charge is -2.30. The van der Waals surface area contributed by atoms with Crippen LogP contribution in [0.3, 0.4) is 0 Å². The van der Waals surface area contributed by atoms with Crippen LogP contribution < -0.4 is 10.6 Å². The molecular weight excluding hydrogens is 228 g/mol. The summed E-state index contributed by atoms with van der Waals surface area (Å²) in [4.78, 5) is 14.4. The Balaban J connectivity index is 2.33. The van der Waals surface area contributed by atoms with Crippen LogP contribution in [0, 0.1) is 0 Å². The Bertz CT molecular complexity index is 467. The maximum Gasteiger partial charge on any atom is 0.258 e. The molecule has 4 heteroatoms. The molecule has 0 bridgehead atoms. The van der Waals surface area contributed by atoms with E-state index >= 15 is 0 Å². The lowest BCUT2D eigenvalue weighted by atomic mass is 10.0. The van der Waals surface area contributed by atoms with Crippen molar-refractivity contribution in [2.75, 3.05) is 24.3 Å². The molecule has 0 spiro atoms. The first kappa shape index (κ1) is 12.9. The fourth-order valence-corrected chi connectivity index (χ4v) is 2.28. The van der Waals surface area contributed by atoms with Crippen LogP contribution in [0.15, 0.2) is 18.2 Å². The number of nitrogen functional groups attached to an aromatic ring is 1. The highest BCUT2D eigenvalue weighted by molar-refractivity contribution is 6.01. The minimum atomic E-state index is -0.758. The zero-order valence-electron chi connectivity index (χ0n) is 11.2. The van der Waals surface area contributed by atoms with Crippen molar-refractivity contribution in [3.63, 3.8) is 0 Å². The van der Waals surface area contributed by atoms with Gasteiger partial charge in [-0.3, -0.25) is 4.79 Å². The number of nitrogens with two attached hydrogens (primary N) is 1. The molecule has 0 fully saturated rings. The van der Waals surface area contributed by atoms with E-state index in [9.17, 15) is 4.79 Å². The summed E-state index contributed by atoms with van der Waals surface area (Å²) in [5, 5.41) is 0. The first-order valence-corrected chi connectivity index (χ1v) is 6.27. The van der Waals surface area contributed by atoms with E-state index in [0.717, 1.165) is 12.1 Å². The molecule has 1 aromatic carbocycles. The van der Waals surface area contributed by atoms with Gasteiger partial charge in [0.2, 0.25) is 0 Å². The van der Waals surface area contributed by atoms with Crippen molar-refractivity contribution in [3.05, 3.63) is 23.8 Å². The van der Waals surface area contributed by atoms with E-state index < -0.39 is 5.60 Å². The van der Waals surface area contributed by atoms with Crippen molar-refractivity contribution in [1.29, 1.82) is 0 Å². The average molecular weight is 248 g/mol. The molecule has 0 saturated heterocycles. The topological polar surface area (TPSA) is 55.6 Å². The Labute approximate surface area is 108 Å². The summed E-state index contributed by atoms with van der Waals surface area (Å²) in [7, 11) is 1.58. The van der Waals surface area contributed by atoms with E-state index in [0.29, 0.717) is 18.7 Å². The summed E-state index contributed by atoms with van der Waals surface area (Å²) in [6.07, 6.45) is 1.53. The molecule has 1 unspecified atom stereocenters. The summed E-state index contributed by atoms with van der Waals surface area (Å²) >= 11 is 0. The summed E-state index contributed by atoms with van der Waals surface area (Å²) in [5.41, 5.74) is 7.83. The average Bonchev–Trinajstić information content (AvgIpc) is 2.79. The van der Waals surface area contributed by atoms with Crippen LogP contribution >= 0.6 is 0 Å². The summed E-state index contributed by atoms with van der Waals surface area (Å²) in [6, 6.07) is 5.74. The van der Waals surface area contributed by atoms with Gasteiger partial charge in [0, 0.05) is 25.0 Å². The Morgan fingerprint density at radius 1 is 1.56 bits per heavy atom. The van der Waals surface area contributed by atoms with Gasteiger partial charge in [-0.25, -0.2) is 0 Å². The minimum Gasteiger partial charge on any atom is -0.399 e. The number of ether oxygens (including phenoxy) is 1. The van der Waals surface area contributed by atoms with Gasteiger partial charge in [0.15, 0.2) is 0 Å². The van der Waals surface area contributed by atoms with Crippen LogP contribution in [-0.4, -0.2) is 25.2 Å². The summed E-state index contributed by atoms with van der Waals surface area (Å²) in [6.45, 7) is 4.49. The van der Waals surface area contributed by atoms with Crippen molar-refractivity contribution in [2.24, 2.45) is 0 Å². The van der Waals surface area contributed by atoms with Crippen LogP contribution in [0.1, 0.15) is 25.8 Å². The molecule has 1 aliphatic heterocycles. The molecule has 1 heterocycles. The fourth-order valence-electron chi connectivity index (χ4n) is 2.28. The van der Waals surface area contributed by atoms with Crippen LogP contribution in [0.5, 0.6) is 0 Å². The van der Waals surface area contributed by atoms with Gasteiger partial charge in [0.05, 0.1) is 0 Å². The number of methoxy groups -OCH3 is 1. The van der Waals surface area contributed by atoms with Gasteiger partial charge < -0.3 is 15.4 Å². The molecular formula is C14H20N2O2. The maximum absolute atomic E-state index is 12.6. The van der Waals surface area contributed by atoms with E-state index in [-0.39, 0.29) is 5.91 Å². The molecule has 2 N–H and O–H groups in total. The molecule has 98 valence electrons. The second-order valence-electron chi connectivity index (χ2n) is 4.88. The lowest BCUT2D eigenvalue weighted by molar-refractivity contribution is -0.138. The normalized spacial score (nSPS) is 17.4. The van der Waals surface area contributed by atoms with E-state index in [1.807, 2.05) is 32.0 Å². The van der Waals surface area contributed by atoms with Crippen molar-refractivity contribution in [3.8, 4) is 0 Å². The monoisotopic (exact) mass is 248 g/mol. The second kappa shape index (κ2) is 4.61. The SMILES string of the molecule is CCC(C)(OC)C(=O)N1CCc2ccc(N)cc21. The third-order valence-electron chi connectivity index (χ3n) is 3.83. The molecule has 1 atom stereocenters. The smallest absolute Gasteiger partial charge is 0.258 e. The fraction of sp³-hybridized carbons (Fsp3) is 0.500. The van der Waals surface area contributed by atoms with Gasteiger partial charge in [-0.2, -0.15) is 0 Å². The van der Waals surface area contributed by atoms with Crippen LogP contribution in [0.2, 0.25) is 0 Å². The number of hydrogen-bond donors (Lipinski definition) is 1. The van der Waals surface area contributed by atoms with Gasteiger partial charge >= 0.3 is 0 Å². The Kier molecular flexibility index (Phi) is 3.30. The maximum atomic E-state index is 12.6. The predicted octanol–water partition coefficient (Wildman–Crippen LogP) is 1.97. The van der Waals surface area contributed by atoms with Crippen LogP contribution in [-0.2, 0) is 16.0 Å². The Morgan fingerprint density at radius 2 is 2.28 bits per heavy atom. The van der Waals surface area contributed by atoms with Crippen LogP contribution in [0.4, 0.5) is 11.4 Å². The number of carbonyl (C=O) groups is 1. The number of anilines is 2. The quantitative estimate of drug-likeness (QED) is 0.832. The van der Waals surface area contributed by atoms with Gasteiger partial charge in [-0.05, 0) is 37.5 Å². The number of amides is 1. The second-order valence-corrected chi connectivity index (χ2v) is 4.88. The third-order valence-corrected chi connectivity index (χ3v) is 3.83. The van der Waals surface area contributed by atoms with Crippen molar-refractivity contribution in [2.45, 2.75) is 32.3 Å². The van der Waals surface area contributed by atoms with Gasteiger partial charge in [0.25, 0.3) is 5.91 Å². The minimum absolute atomic E-state index is 0.0110. The molecule has 0 aromatic heterocycles. The summed E-state index contributed by atoms with van der Waals surface area (Å²) < 4.78 is 5.38. The largest absolute Gasteiger partial charge is 0.399 e. The highest BCUT2D eigenvalue weighted by Crippen LogP contribution is 2.32. The standard InChI is InChI=1S/C14H20N2O2/c1-4-14(2,18-3)13(17)16-8-7-10-5-6-11(15)9-12(10)16/h5-6,9H,4,7-8,15H2,1-3H3. The Morgan fingerprint density at radius 3 is 2.89 bits per heavy atom. The van der Waals surface area contributed by atoms with E-state index in [4.69, 9.17) is 10.5 Å². The number of hydrogen-bond acceptors (Lipinski definition) is 3. The number of carbonyl (C=O) groups excluding carboxylic acids is 1. The van der Waals surface area contributed by atoms with Gasteiger partial charge in [-0.15, -0.1) is 0 Å². The van der Waals surface area contributed by atoms with E-state index in [2.05, 4.69) is 0 Å². The highest BCUT2D eigenvalue weighted by Gasteiger charge is 2.38. The number of nitrogens with zero attached hydrogens (tertiary/aromatic N) is 1. The third kappa shape index (κ3) is 1.97. The van der Waals surface area contributed by atoms with E-state index in [1.54, 1.807) is 12.0 Å². The van der Waals surface area contributed by atoms with E-state index in [1.165, 1.54) is 5.56 Å². The highest BCUT2D eigenvalue weighted by atomic mass is 16.5. The molecule has 18 heavy (non-hydrogen) atoms. The number of fused-ring (bicyclic) bond motifs is 1. The molecule has 1 aromatic rings. The summed E-state index contributed by atoms with van der Waals surface area (Å²) in [5.74, 6) is 0.0110. The zero-order chi connectivity index (χ0) is 13.3. The Hall–Kier alpha value is -1.55. The van der Waals surface area contributed by atoms with Crippen molar-refractivity contribution < 1.29 is 9.53 Å². The lowest BCUT2D eigenvalue weighted by Crippen LogP contribution is -2.47. The van der Waals surface area contributed by atoms with Crippen molar-refractivity contribution >= 4 is 17.3 Å². The molecule has 2 rings (SSSR count). The molecule has 1 aliphatic rings. The van der Waals surface area contributed by atoms with Crippen LogP contribution in [0.25, 0.3) is 0 Å². The first-order valence-electron chi connectivity index (χ1n) is 6.27. The molecule has 1 amide bonds. The number of benzene rings is 1. The molecule has 0 radical (unpaired) electrons. The molecule has 0 saturated carbocycles. The molecule has 4 nitrogen and oxygen atoms in total. The number of rotatable bonds is 3. The predicted molar refractivity (Wildman–Crippen MR) is 72.6 cm³/mol. The first-order chi connectivity index (χ1) is 8.51. The van der Waals surface area contributed by atoms with Gasteiger partial charge in [0.1, 0.15) is 5.60 Å². The zero-order valence-corrected chi connectivity index (χ0v) is 11.2. The van der Waals surface area contributed by atoms with Gasteiger partial charge in [-0.1, -0.05) is 13.0 Å².